The van der Waals surface area contributed by atoms with E-state index in [1.54, 1.807) is 0 Å². The molecule has 6 aromatic rings. The van der Waals surface area contributed by atoms with Gasteiger partial charge in [-0.15, -0.1) is 0 Å². The second kappa shape index (κ2) is 42.3. The fourth-order valence-electron chi connectivity index (χ4n) is 17.4. The molecule has 0 spiro atoms. The Morgan fingerprint density at radius 2 is 0.366 bits per heavy atom. The maximum Gasteiger partial charge on any atom is 0.337 e. The van der Waals surface area contributed by atoms with Crippen LogP contribution in [0.1, 0.15) is 438 Å². The SMILES string of the molecule is C=C(CCCCCCCCCCC)C(OP(OC(C(=C)CCCCCCCCCCC)(c1ccc(C)cc1C(C)(C)C)c1ccc(C)cc1C(C)(C)C)OC(C(=C)CCCCCCCCCCC)(c1ccc(C)cc1C(C)(C)C)c1ccc(C)cc1C(C)(C)C)(c1ccc(C)cc1C(C)(C)C)c1ccc(C)cc1C(C)(C)C. The van der Waals surface area contributed by atoms with Crippen LogP contribution in [-0.4, -0.2) is 0 Å². The molecule has 3 nitrogen and oxygen atoms in total. The second-order valence-corrected chi connectivity index (χ2v) is 41.9. The van der Waals surface area contributed by atoms with Gasteiger partial charge in [0.15, 0.2) is 0 Å². The lowest BCUT2D eigenvalue weighted by Gasteiger charge is -2.50. The Balaban J connectivity index is 2.01. The van der Waals surface area contributed by atoms with Gasteiger partial charge in [0.25, 0.3) is 0 Å². The molecule has 0 aromatic heterocycles. The molecule has 4 heteroatoms. The molecule has 0 heterocycles. The first-order chi connectivity index (χ1) is 52.5. The van der Waals surface area contributed by atoms with E-state index in [0.717, 1.165) is 108 Å². The molecule has 6 aromatic carbocycles. The van der Waals surface area contributed by atoms with E-state index in [1.807, 2.05) is 0 Å². The topological polar surface area (TPSA) is 27.7 Å². The summed E-state index contributed by atoms with van der Waals surface area (Å²) in [6.07, 6.45) is 34.9. The van der Waals surface area contributed by atoms with E-state index < -0.39 is 25.4 Å². The fourth-order valence-corrected chi connectivity index (χ4v) is 19.2. The Bertz CT molecular complexity index is 3350. The number of hydrogen-bond acceptors (Lipinski definition) is 3. The lowest BCUT2D eigenvalue weighted by Crippen LogP contribution is -2.43. The van der Waals surface area contributed by atoms with E-state index in [9.17, 15) is 13.6 Å². The summed E-state index contributed by atoms with van der Waals surface area (Å²) in [6.45, 7) is 80.5. The minimum atomic E-state index is -2.78. The Kier molecular flexibility index (Phi) is 36.1. The first kappa shape index (κ1) is 95.7. The van der Waals surface area contributed by atoms with Crippen molar-refractivity contribution in [3.05, 3.63) is 246 Å². The van der Waals surface area contributed by atoms with Crippen LogP contribution in [0.3, 0.4) is 0 Å². The van der Waals surface area contributed by atoms with Crippen molar-refractivity contribution in [3.8, 4) is 0 Å². The Morgan fingerprint density at radius 1 is 0.223 bits per heavy atom. The van der Waals surface area contributed by atoms with E-state index in [4.69, 9.17) is 19.7 Å². The summed E-state index contributed by atoms with van der Waals surface area (Å²) in [5, 5.41) is 0. The predicted octanol–water partition coefficient (Wildman–Crippen LogP) is 34.2. The molecule has 0 unspecified atom stereocenters. The number of rotatable bonds is 45. The van der Waals surface area contributed by atoms with E-state index >= 15 is 0 Å². The van der Waals surface area contributed by atoms with Crippen LogP contribution in [0, 0.1) is 41.5 Å². The zero-order valence-corrected chi connectivity index (χ0v) is 78.3. The van der Waals surface area contributed by atoms with Crippen molar-refractivity contribution in [1.29, 1.82) is 0 Å². The fraction of sp³-hybridized carbons (Fsp3) is 0.611. The van der Waals surface area contributed by atoms with Crippen LogP contribution in [-0.2, 0) is 62.9 Å². The summed E-state index contributed by atoms with van der Waals surface area (Å²) in [5.41, 5.74) is 17.5. The molecular weight excluding hydrogens is 1380 g/mol. The smallest absolute Gasteiger partial charge is 0.291 e. The number of unbranched alkanes of at least 4 members (excludes halogenated alkanes) is 24. The van der Waals surface area contributed by atoms with E-state index in [2.05, 4.69) is 296 Å². The van der Waals surface area contributed by atoms with Gasteiger partial charge in [-0.3, -0.25) is 13.6 Å². The lowest BCUT2D eigenvalue weighted by atomic mass is 9.68. The quantitative estimate of drug-likeness (QED) is 0.0217. The van der Waals surface area contributed by atoms with E-state index in [-0.39, 0.29) is 32.5 Å². The van der Waals surface area contributed by atoms with Crippen LogP contribution in [0.25, 0.3) is 0 Å². The highest BCUT2D eigenvalue weighted by molar-refractivity contribution is 7.41. The predicted molar refractivity (Wildman–Crippen MR) is 495 cm³/mol. The molecule has 0 saturated carbocycles. The first-order valence-corrected chi connectivity index (χ1v) is 46.2. The summed E-state index contributed by atoms with van der Waals surface area (Å²) < 4.78 is 28.5. The molecular formula is C108H165O3P. The van der Waals surface area contributed by atoms with Crippen molar-refractivity contribution in [2.24, 2.45) is 0 Å². The number of hydrogen-bond donors (Lipinski definition) is 0. The molecule has 0 bridgehead atoms. The highest BCUT2D eigenvalue weighted by Gasteiger charge is 2.56. The Labute approximate surface area is 692 Å². The van der Waals surface area contributed by atoms with Gasteiger partial charge in [0.05, 0.1) is 0 Å². The molecule has 0 aliphatic heterocycles. The third-order valence-corrected chi connectivity index (χ3v) is 25.3. The molecule has 0 radical (unpaired) electrons. The minimum Gasteiger partial charge on any atom is -0.291 e. The third-order valence-electron chi connectivity index (χ3n) is 24.0. The number of aryl methyl sites for hydroxylation is 6. The van der Waals surface area contributed by atoms with Crippen LogP contribution in [0.2, 0.25) is 0 Å². The average molecular weight is 1540 g/mol. The normalized spacial score (nSPS) is 13.1. The van der Waals surface area contributed by atoms with Crippen molar-refractivity contribution >= 4 is 8.60 Å². The van der Waals surface area contributed by atoms with Crippen LogP contribution in [0.4, 0.5) is 0 Å². The van der Waals surface area contributed by atoms with Crippen LogP contribution >= 0.6 is 8.60 Å². The first-order valence-electron chi connectivity index (χ1n) is 45.1. The van der Waals surface area contributed by atoms with Crippen molar-refractivity contribution in [3.63, 3.8) is 0 Å². The summed E-state index contributed by atoms with van der Waals surface area (Å²) in [6, 6.07) is 43.3. The van der Waals surface area contributed by atoms with Crippen LogP contribution in [0.15, 0.2) is 146 Å². The van der Waals surface area contributed by atoms with E-state index in [1.165, 1.54) is 202 Å². The van der Waals surface area contributed by atoms with Crippen molar-refractivity contribution in [2.45, 2.75) is 429 Å². The van der Waals surface area contributed by atoms with Gasteiger partial charge in [-0.1, -0.05) is 462 Å². The largest absolute Gasteiger partial charge is 0.337 e. The molecule has 0 aliphatic rings. The molecule has 620 valence electrons. The maximum atomic E-state index is 9.49. The average Bonchev–Trinajstić information content (AvgIpc) is 0.714. The van der Waals surface area contributed by atoms with Gasteiger partial charge in [0.1, 0.15) is 16.8 Å². The van der Waals surface area contributed by atoms with E-state index in [0.29, 0.717) is 0 Å². The molecule has 0 saturated heterocycles. The Hall–Kier alpha value is -5.15. The monoisotopic (exact) mass is 1540 g/mol. The van der Waals surface area contributed by atoms with Crippen LogP contribution < -0.4 is 0 Å². The summed E-state index contributed by atoms with van der Waals surface area (Å²) in [5.74, 6) is 0. The highest BCUT2D eigenvalue weighted by atomic mass is 31.2. The van der Waals surface area contributed by atoms with Gasteiger partial charge in [-0.25, -0.2) is 0 Å². The molecule has 0 atom stereocenters. The molecule has 0 fully saturated rings. The summed E-state index contributed by atoms with van der Waals surface area (Å²) in [7, 11) is -2.78. The van der Waals surface area contributed by atoms with Crippen molar-refractivity contribution < 1.29 is 13.6 Å². The lowest BCUT2D eigenvalue weighted by molar-refractivity contribution is 0.00990. The standard InChI is InChI=1S/C108H165O3P/c1-31-34-37-40-43-46-49-52-55-58-85(10)106(88-67-61-79(4)73-94(88)100(13,14)15,89-68-62-80(5)74-95(89)101(16,17)18)109-112(110-107(90-69-63-81(6)75-96(90)102(19,20)21,91-70-64-82(7)76-97(91)103(22,23)24)86(11)59-56-53-50-47-44-41-38-35-32-2)111-108(92-71-65-83(8)77-98(92)104(25,26)27,93-72-66-84(9)78-99(93)105(28,29)30)87(12)60-57-54-51-48-45-42-39-36-33-3/h61-78H,10-12,31-60H2,1-9,13-30H3. The van der Waals surface area contributed by atoms with Crippen LogP contribution in [0.5, 0.6) is 0 Å². The number of benzene rings is 6. The zero-order valence-electron chi connectivity index (χ0n) is 77.4. The highest BCUT2D eigenvalue weighted by Crippen LogP contribution is 2.67. The van der Waals surface area contributed by atoms with Crippen molar-refractivity contribution in [1.82, 2.24) is 0 Å². The molecule has 0 amide bonds. The molecule has 0 aliphatic carbocycles. The molecule has 6 rings (SSSR count). The Morgan fingerprint density at radius 3 is 0.509 bits per heavy atom. The van der Waals surface area contributed by atoms with Gasteiger partial charge >= 0.3 is 8.60 Å². The summed E-state index contributed by atoms with van der Waals surface area (Å²) >= 11 is 0. The van der Waals surface area contributed by atoms with Gasteiger partial charge < -0.3 is 0 Å². The van der Waals surface area contributed by atoms with Crippen molar-refractivity contribution in [2.75, 3.05) is 0 Å². The summed E-state index contributed by atoms with van der Waals surface area (Å²) in [4.78, 5) is 0. The maximum absolute atomic E-state index is 9.49. The molecule has 112 heavy (non-hydrogen) atoms. The van der Waals surface area contributed by atoms with Gasteiger partial charge in [-0.05, 0) is 196 Å². The minimum absolute atomic E-state index is 0.369. The second-order valence-electron chi connectivity index (χ2n) is 40.9. The third kappa shape index (κ3) is 25.4. The molecule has 0 N–H and O–H groups in total. The van der Waals surface area contributed by atoms with Gasteiger partial charge in [-0.2, -0.15) is 0 Å². The van der Waals surface area contributed by atoms with Gasteiger partial charge in [0, 0.05) is 0 Å². The zero-order chi connectivity index (χ0) is 83.3. The van der Waals surface area contributed by atoms with Gasteiger partial charge in [0.2, 0.25) is 0 Å².